The van der Waals surface area contributed by atoms with E-state index in [1.807, 2.05) is 58.0 Å². The van der Waals surface area contributed by atoms with Gasteiger partial charge < -0.3 is 15.4 Å². The molecule has 2 unspecified atom stereocenters. The van der Waals surface area contributed by atoms with E-state index in [1.165, 1.54) is 4.90 Å². The Kier molecular flexibility index (Phi) is 9.07. The molecule has 0 spiro atoms. The second kappa shape index (κ2) is 11.4. The van der Waals surface area contributed by atoms with E-state index in [9.17, 15) is 14.4 Å². The summed E-state index contributed by atoms with van der Waals surface area (Å²) in [6.45, 7) is 13.3. The number of carbonyl (C=O) groups excluding carboxylic acids is 3. The van der Waals surface area contributed by atoms with Crippen LogP contribution in [0.3, 0.4) is 0 Å². The molecule has 0 aliphatic carbocycles. The number of amides is 3. The first-order valence-electron chi connectivity index (χ1n) is 11.9. The first-order valence-corrected chi connectivity index (χ1v) is 11.9. The summed E-state index contributed by atoms with van der Waals surface area (Å²) < 4.78 is 5.49. The van der Waals surface area contributed by atoms with Crippen LogP contribution in [0.2, 0.25) is 0 Å². The quantitative estimate of drug-likeness (QED) is 0.524. The van der Waals surface area contributed by atoms with E-state index in [0.29, 0.717) is 17.7 Å². The number of anilines is 1. The Morgan fingerprint density at radius 2 is 1.49 bits per heavy atom. The molecule has 0 aliphatic heterocycles. The van der Waals surface area contributed by atoms with Gasteiger partial charge in [0.1, 0.15) is 11.6 Å². The Balaban J connectivity index is 2.25. The topological polar surface area (TPSA) is 87.7 Å². The minimum absolute atomic E-state index is 0.209. The summed E-state index contributed by atoms with van der Waals surface area (Å²) in [5.41, 5.74) is 0.783. The number of benzene rings is 2. The summed E-state index contributed by atoms with van der Waals surface area (Å²) >= 11 is 0. The lowest BCUT2D eigenvalue weighted by atomic mass is 9.87. The molecule has 2 aromatic rings. The predicted octanol–water partition coefficient (Wildman–Crippen LogP) is 5.79. The maximum absolute atomic E-state index is 13.4. The lowest BCUT2D eigenvalue weighted by Crippen LogP contribution is -2.48. The van der Waals surface area contributed by atoms with Crippen molar-refractivity contribution in [3.8, 4) is 0 Å². The highest BCUT2D eigenvalue weighted by atomic mass is 16.6. The molecule has 2 aromatic carbocycles. The Morgan fingerprint density at radius 3 is 2.06 bits per heavy atom. The van der Waals surface area contributed by atoms with E-state index < -0.39 is 17.7 Å². The lowest BCUT2D eigenvalue weighted by Gasteiger charge is -2.33. The molecule has 3 amide bonds. The zero-order valence-electron chi connectivity index (χ0n) is 22.1. The van der Waals surface area contributed by atoms with Crippen LogP contribution in [-0.2, 0) is 9.53 Å². The highest BCUT2D eigenvalue weighted by molar-refractivity contribution is 6.05. The maximum Gasteiger partial charge on any atom is 0.410 e. The molecule has 0 radical (unpaired) electrons. The summed E-state index contributed by atoms with van der Waals surface area (Å²) in [6, 6.07) is 15.5. The second-order valence-electron chi connectivity index (χ2n) is 11.0. The first-order chi connectivity index (χ1) is 16.2. The van der Waals surface area contributed by atoms with Crippen LogP contribution in [0.1, 0.15) is 76.9 Å². The SMILES string of the molecule is CC(NC(=O)c1ccccc1NC(=O)C(CC(C)(C)C)N(C)C(=O)OC(C)(C)C)c1ccccc1. The van der Waals surface area contributed by atoms with Gasteiger partial charge in [-0.15, -0.1) is 0 Å². The van der Waals surface area contributed by atoms with Crippen molar-refractivity contribution in [1.82, 2.24) is 10.2 Å². The van der Waals surface area contributed by atoms with Crippen LogP contribution >= 0.6 is 0 Å². The van der Waals surface area contributed by atoms with E-state index in [0.717, 1.165) is 5.56 Å². The number of likely N-dealkylation sites (N-methyl/N-ethyl adjacent to an activating group) is 1. The van der Waals surface area contributed by atoms with Crippen LogP contribution < -0.4 is 10.6 Å². The first kappa shape index (κ1) is 27.9. The van der Waals surface area contributed by atoms with E-state index >= 15 is 0 Å². The third-order valence-electron chi connectivity index (χ3n) is 5.33. The molecule has 2 rings (SSSR count). The van der Waals surface area contributed by atoms with E-state index in [1.54, 1.807) is 52.1 Å². The standard InChI is InChI=1S/C28H39N3O4/c1-19(20-14-10-9-11-15-20)29-24(32)21-16-12-13-17-22(21)30-25(33)23(18-27(2,3)4)31(8)26(34)35-28(5,6)7/h9-17,19,23H,18H2,1-8H3,(H,29,32)(H,30,33). The molecule has 7 nitrogen and oxygen atoms in total. The number of nitrogens with one attached hydrogen (secondary N) is 2. The van der Waals surface area contributed by atoms with Gasteiger partial charge in [0.05, 0.1) is 17.3 Å². The molecule has 7 heteroatoms. The zero-order chi connectivity index (χ0) is 26.4. The van der Waals surface area contributed by atoms with Crippen molar-refractivity contribution >= 4 is 23.6 Å². The number of hydrogen-bond acceptors (Lipinski definition) is 4. The predicted molar refractivity (Wildman–Crippen MR) is 139 cm³/mol. The Morgan fingerprint density at radius 1 is 0.914 bits per heavy atom. The summed E-state index contributed by atoms with van der Waals surface area (Å²) in [5.74, 6) is -0.685. The van der Waals surface area contributed by atoms with Gasteiger partial charge in [0.2, 0.25) is 5.91 Å². The molecule has 2 N–H and O–H groups in total. The van der Waals surface area contributed by atoms with Crippen molar-refractivity contribution < 1.29 is 19.1 Å². The number of hydrogen-bond donors (Lipinski definition) is 2. The maximum atomic E-state index is 13.4. The fourth-order valence-electron chi connectivity index (χ4n) is 3.55. The Bertz CT molecular complexity index is 1020. The van der Waals surface area contributed by atoms with Crippen molar-refractivity contribution in [1.29, 1.82) is 0 Å². The second-order valence-corrected chi connectivity index (χ2v) is 11.0. The Hall–Kier alpha value is -3.35. The van der Waals surface area contributed by atoms with Gasteiger partial charge in [0, 0.05) is 7.05 Å². The molecule has 0 saturated heterocycles. The van der Waals surface area contributed by atoms with Gasteiger partial charge in [-0.3, -0.25) is 14.5 Å². The molecule has 0 fully saturated rings. The number of rotatable bonds is 7. The molecule has 2 atom stereocenters. The van der Waals surface area contributed by atoms with Crippen molar-refractivity contribution in [2.24, 2.45) is 5.41 Å². The number of carbonyl (C=O) groups is 3. The van der Waals surface area contributed by atoms with Crippen molar-refractivity contribution in [3.05, 3.63) is 65.7 Å². The largest absolute Gasteiger partial charge is 0.444 e. The molecule has 0 bridgehead atoms. The summed E-state index contributed by atoms with van der Waals surface area (Å²) in [5, 5.41) is 5.86. The van der Waals surface area contributed by atoms with Crippen LogP contribution in [0.4, 0.5) is 10.5 Å². The van der Waals surface area contributed by atoms with Crippen molar-refractivity contribution in [3.63, 3.8) is 0 Å². The third kappa shape index (κ3) is 8.74. The van der Waals surface area contributed by atoms with E-state index in [-0.39, 0.29) is 23.3 Å². The fraction of sp³-hybridized carbons (Fsp3) is 0.464. The van der Waals surface area contributed by atoms with Crippen LogP contribution in [0.25, 0.3) is 0 Å². The van der Waals surface area contributed by atoms with Crippen LogP contribution in [-0.4, -0.2) is 41.5 Å². The van der Waals surface area contributed by atoms with Gasteiger partial charge >= 0.3 is 6.09 Å². The monoisotopic (exact) mass is 481 g/mol. The van der Waals surface area contributed by atoms with Crippen LogP contribution in [0, 0.1) is 5.41 Å². The molecule has 35 heavy (non-hydrogen) atoms. The fourth-order valence-corrected chi connectivity index (χ4v) is 3.55. The molecule has 0 aromatic heterocycles. The van der Waals surface area contributed by atoms with Gasteiger partial charge in [-0.05, 0) is 57.2 Å². The van der Waals surface area contributed by atoms with Gasteiger partial charge in [-0.2, -0.15) is 0 Å². The average molecular weight is 482 g/mol. The summed E-state index contributed by atoms with van der Waals surface area (Å²) in [4.78, 5) is 40.6. The van der Waals surface area contributed by atoms with Gasteiger partial charge in [0.15, 0.2) is 0 Å². The van der Waals surface area contributed by atoms with Gasteiger partial charge in [0.25, 0.3) is 5.91 Å². The van der Waals surface area contributed by atoms with Crippen LogP contribution in [0.15, 0.2) is 54.6 Å². The molecule has 0 saturated carbocycles. The number of para-hydroxylation sites is 1. The zero-order valence-corrected chi connectivity index (χ0v) is 22.1. The molecular weight excluding hydrogens is 442 g/mol. The van der Waals surface area contributed by atoms with Crippen molar-refractivity contribution in [2.75, 3.05) is 12.4 Å². The van der Waals surface area contributed by atoms with Crippen molar-refractivity contribution in [2.45, 2.75) is 72.6 Å². The molecule has 0 aliphatic rings. The summed E-state index contributed by atoms with van der Waals surface area (Å²) in [6.07, 6.45) is -0.168. The molecular formula is C28H39N3O4. The highest BCUT2D eigenvalue weighted by Gasteiger charge is 2.34. The van der Waals surface area contributed by atoms with E-state index in [4.69, 9.17) is 4.74 Å². The molecule has 190 valence electrons. The van der Waals surface area contributed by atoms with Crippen LogP contribution in [0.5, 0.6) is 0 Å². The smallest absolute Gasteiger partial charge is 0.410 e. The Labute approximate surface area is 209 Å². The summed E-state index contributed by atoms with van der Waals surface area (Å²) in [7, 11) is 1.56. The van der Waals surface area contributed by atoms with Gasteiger partial charge in [-0.25, -0.2) is 4.79 Å². The highest BCUT2D eigenvalue weighted by Crippen LogP contribution is 2.26. The normalized spacial score (nSPS) is 13.4. The average Bonchev–Trinajstić information content (AvgIpc) is 2.76. The van der Waals surface area contributed by atoms with Gasteiger partial charge in [-0.1, -0.05) is 63.2 Å². The number of nitrogens with zero attached hydrogens (tertiary/aromatic N) is 1. The minimum Gasteiger partial charge on any atom is -0.444 e. The lowest BCUT2D eigenvalue weighted by molar-refractivity contribution is -0.121. The minimum atomic E-state index is -0.788. The number of ether oxygens (including phenoxy) is 1. The molecule has 0 heterocycles. The third-order valence-corrected chi connectivity index (χ3v) is 5.33. The van der Waals surface area contributed by atoms with E-state index in [2.05, 4.69) is 10.6 Å².